The molecule has 1 saturated heterocycles. The van der Waals surface area contributed by atoms with Crippen LogP contribution in [0, 0.1) is 5.82 Å². The molecule has 0 unspecified atom stereocenters. The number of halogens is 1. The maximum atomic E-state index is 14.5. The second-order valence-electron chi connectivity index (χ2n) is 11.1. The predicted octanol–water partition coefficient (Wildman–Crippen LogP) is 6.78. The zero-order chi connectivity index (χ0) is 29.9. The summed E-state index contributed by atoms with van der Waals surface area (Å²) >= 11 is 0. The number of ether oxygens (including phenoxy) is 2. The van der Waals surface area contributed by atoms with Crippen LogP contribution >= 0.6 is 0 Å². The minimum absolute atomic E-state index is 0.0943. The van der Waals surface area contributed by atoms with E-state index in [0.29, 0.717) is 6.42 Å². The molecule has 234 valence electrons. The Morgan fingerprint density at radius 3 is 1.93 bits per heavy atom. The highest BCUT2D eigenvalue weighted by molar-refractivity contribution is 5.83. The Morgan fingerprint density at radius 2 is 1.46 bits per heavy atom. The van der Waals surface area contributed by atoms with Gasteiger partial charge < -0.3 is 19.7 Å². The molecule has 1 aliphatic rings. The summed E-state index contributed by atoms with van der Waals surface area (Å²) < 4.78 is 25.8. The quantitative estimate of drug-likeness (QED) is 0.102. The molecule has 1 fully saturated rings. The minimum atomic E-state index is -1.20. The molecule has 0 aromatic carbocycles. The normalized spacial score (nSPS) is 18.6. The molecule has 1 aromatic rings. The molecule has 0 saturated carbocycles. The Kier molecular flexibility index (Phi) is 17.5. The molecular formula is C31H52FN3O6. The largest absolute Gasteiger partial charge is 0.449 e. The highest BCUT2D eigenvalue weighted by Gasteiger charge is 2.39. The first-order valence-corrected chi connectivity index (χ1v) is 15.7. The van der Waals surface area contributed by atoms with E-state index < -0.39 is 48.5 Å². The van der Waals surface area contributed by atoms with Crippen molar-refractivity contribution in [1.82, 2.24) is 9.55 Å². The van der Waals surface area contributed by atoms with Crippen LogP contribution in [0.3, 0.4) is 0 Å². The second kappa shape index (κ2) is 20.6. The number of amides is 1. The van der Waals surface area contributed by atoms with Gasteiger partial charge in [0.25, 0.3) is 0 Å². The van der Waals surface area contributed by atoms with Gasteiger partial charge in [-0.1, -0.05) is 123 Å². The number of hydrogen-bond acceptors (Lipinski definition) is 7. The molecule has 1 aromatic heterocycles. The highest BCUT2D eigenvalue weighted by atomic mass is 19.1. The molecule has 0 spiro atoms. The number of unbranched alkanes of at least 4 members (excludes halogenated alkanes) is 17. The van der Waals surface area contributed by atoms with Crippen molar-refractivity contribution in [3.63, 3.8) is 0 Å². The Hall–Kier alpha value is -2.30. The van der Waals surface area contributed by atoms with Crippen molar-refractivity contribution in [1.29, 1.82) is 0 Å². The zero-order valence-electron chi connectivity index (χ0n) is 25.0. The van der Waals surface area contributed by atoms with Crippen LogP contribution < -0.4 is 11.0 Å². The van der Waals surface area contributed by atoms with E-state index in [-0.39, 0.29) is 12.2 Å². The molecule has 10 heteroatoms. The van der Waals surface area contributed by atoms with Crippen molar-refractivity contribution < 1.29 is 28.9 Å². The van der Waals surface area contributed by atoms with Crippen LogP contribution in [0.2, 0.25) is 0 Å². The number of nitrogens with one attached hydrogen (secondary N) is 1. The molecule has 0 radical (unpaired) electrons. The fourth-order valence-corrected chi connectivity index (χ4v) is 5.10. The van der Waals surface area contributed by atoms with E-state index in [2.05, 4.69) is 23.8 Å². The third kappa shape index (κ3) is 13.0. The molecule has 41 heavy (non-hydrogen) atoms. The summed E-state index contributed by atoms with van der Waals surface area (Å²) in [7, 11) is 0. The summed E-state index contributed by atoms with van der Waals surface area (Å²) in [5.74, 6) is -1.54. The summed E-state index contributed by atoms with van der Waals surface area (Å²) in [5.41, 5.74) is -0.820. The van der Waals surface area contributed by atoms with E-state index in [0.717, 1.165) is 23.6 Å². The van der Waals surface area contributed by atoms with E-state index in [9.17, 15) is 24.2 Å². The number of aliphatic hydroxyl groups is 2. The Balaban J connectivity index is 1.48. The first-order chi connectivity index (χ1) is 19.9. The van der Waals surface area contributed by atoms with Crippen molar-refractivity contribution in [2.75, 3.05) is 18.5 Å². The fourth-order valence-electron chi connectivity index (χ4n) is 5.10. The average Bonchev–Trinajstić information content (AvgIpc) is 3.24. The zero-order valence-corrected chi connectivity index (χ0v) is 25.0. The molecular weight excluding hydrogens is 529 g/mol. The topological polar surface area (TPSA) is 123 Å². The molecule has 0 aliphatic carbocycles. The van der Waals surface area contributed by atoms with E-state index in [4.69, 9.17) is 9.47 Å². The Labute approximate surface area is 244 Å². The fraction of sp³-hybridized carbons (Fsp3) is 0.774. The van der Waals surface area contributed by atoms with Gasteiger partial charge in [-0.05, 0) is 6.42 Å². The Bertz CT molecular complexity index is 956. The van der Waals surface area contributed by atoms with Crippen molar-refractivity contribution in [3.8, 4) is 0 Å². The van der Waals surface area contributed by atoms with Gasteiger partial charge in [0, 0.05) is 5.57 Å². The standard InChI is InChI=1S/C31H52FN3O6/c1-3-4-5-6-7-8-9-10-11-12-13-14-15-16-17-18-19-20-21-40-31(39)34-28-25(32)22-35(30(38)33-28)29-24(2)27(37)26(23-36)41-29/h22,26-27,29,36-37H,2-21,23H2,1H3,(H,33,34,38,39)/t26-,27+,29-/m1/s1. The van der Waals surface area contributed by atoms with Gasteiger partial charge in [-0.3, -0.25) is 9.88 Å². The maximum absolute atomic E-state index is 14.5. The van der Waals surface area contributed by atoms with Crippen LogP contribution in [0.5, 0.6) is 0 Å². The van der Waals surface area contributed by atoms with Crippen LogP contribution in [-0.4, -0.2) is 51.3 Å². The van der Waals surface area contributed by atoms with Crippen molar-refractivity contribution >= 4 is 11.9 Å². The van der Waals surface area contributed by atoms with Gasteiger partial charge in [-0.15, -0.1) is 0 Å². The molecule has 3 N–H and O–H groups in total. The lowest BCUT2D eigenvalue weighted by atomic mass is 10.0. The van der Waals surface area contributed by atoms with Crippen LogP contribution in [0.1, 0.15) is 129 Å². The molecule has 3 atom stereocenters. The van der Waals surface area contributed by atoms with Gasteiger partial charge in [0.15, 0.2) is 17.9 Å². The Morgan fingerprint density at radius 1 is 0.976 bits per heavy atom. The van der Waals surface area contributed by atoms with Crippen LogP contribution in [0.15, 0.2) is 23.1 Å². The minimum Gasteiger partial charge on any atom is -0.449 e. The first kappa shape index (κ1) is 34.9. The van der Waals surface area contributed by atoms with Gasteiger partial charge in [0.2, 0.25) is 0 Å². The number of aromatic nitrogens is 2. The molecule has 2 rings (SSSR count). The number of anilines is 1. The van der Waals surface area contributed by atoms with Crippen LogP contribution in [0.4, 0.5) is 15.0 Å². The number of nitrogens with zero attached hydrogens (tertiary/aromatic N) is 2. The summed E-state index contributed by atoms with van der Waals surface area (Å²) in [6.07, 6.45) is 19.4. The number of aliphatic hydroxyl groups excluding tert-OH is 2. The predicted molar refractivity (Wildman–Crippen MR) is 158 cm³/mol. The first-order valence-electron chi connectivity index (χ1n) is 15.7. The smallest absolute Gasteiger partial charge is 0.412 e. The summed E-state index contributed by atoms with van der Waals surface area (Å²) in [6, 6.07) is 0. The second-order valence-corrected chi connectivity index (χ2v) is 11.1. The third-order valence-corrected chi connectivity index (χ3v) is 7.64. The molecule has 9 nitrogen and oxygen atoms in total. The highest BCUT2D eigenvalue weighted by Crippen LogP contribution is 2.32. The van der Waals surface area contributed by atoms with Gasteiger partial charge in [-0.25, -0.2) is 14.0 Å². The maximum Gasteiger partial charge on any atom is 0.412 e. The van der Waals surface area contributed by atoms with Gasteiger partial charge in [-0.2, -0.15) is 4.98 Å². The molecule has 1 aliphatic heterocycles. The van der Waals surface area contributed by atoms with Crippen molar-refractivity contribution in [2.24, 2.45) is 0 Å². The number of rotatable bonds is 22. The number of hydrogen-bond donors (Lipinski definition) is 3. The van der Waals surface area contributed by atoms with E-state index in [1.165, 1.54) is 96.3 Å². The van der Waals surface area contributed by atoms with Gasteiger partial charge >= 0.3 is 11.8 Å². The monoisotopic (exact) mass is 581 g/mol. The van der Waals surface area contributed by atoms with Crippen LogP contribution in [-0.2, 0) is 9.47 Å². The lowest BCUT2D eigenvalue weighted by Gasteiger charge is -2.15. The number of carbonyl (C=O) groups excluding carboxylic acids is 1. The van der Waals surface area contributed by atoms with E-state index >= 15 is 0 Å². The summed E-state index contributed by atoms with van der Waals surface area (Å²) in [4.78, 5) is 28.0. The van der Waals surface area contributed by atoms with Crippen molar-refractivity contribution in [3.05, 3.63) is 34.7 Å². The molecule has 0 bridgehead atoms. The SMILES string of the molecule is C=C1[C@H](n2cc(F)c(NC(=O)OCCCCCCCCCCCCCCCCCCCC)nc2=O)O[C@H](CO)[C@H]1O. The lowest BCUT2D eigenvalue weighted by molar-refractivity contribution is -0.0449. The molecule has 1 amide bonds. The van der Waals surface area contributed by atoms with E-state index in [1.54, 1.807) is 0 Å². The third-order valence-electron chi connectivity index (χ3n) is 7.64. The summed E-state index contributed by atoms with van der Waals surface area (Å²) in [6.45, 7) is 5.61. The van der Waals surface area contributed by atoms with Crippen LogP contribution in [0.25, 0.3) is 0 Å². The van der Waals surface area contributed by atoms with Crippen molar-refractivity contribution in [2.45, 2.75) is 141 Å². The number of carbonyl (C=O) groups is 1. The molecule has 2 heterocycles. The summed E-state index contributed by atoms with van der Waals surface area (Å²) in [5, 5.41) is 21.4. The lowest BCUT2D eigenvalue weighted by Crippen LogP contribution is -2.30. The van der Waals surface area contributed by atoms with Gasteiger partial charge in [0.1, 0.15) is 12.2 Å². The van der Waals surface area contributed by atoms with E-state index in [1.807, 2.05) is 0 Å². The van der Waals surface area contributed by atoms with Gasteiger partial charge in [0.05, 0.1) is 19.4 Å². The average molecular weight is 582 g/mol.